The Balaban J connectivity index is 2.72. The standard InChI is InChI=1S/C5H13NOS/c1-6(2)4-3-5-7-8/h8H,3-5H2,1-2H3. The maximum Gasteiger partial charge on any atom is 0.0622 e. The van der Waals surface area contributed by atoms with Crippen LogP contribution < -0.4 is 0 Å². The number of hydrogen-bond acceptors (Lipinski definition) is 3. The highest BCUT2D eigenvalue weighted by Crippen LogP contribution is 1.85. The molecule has 0 aliphatic heterocycles. The van der Waals surface area contributed by atoms with E-state index in [4.69, 9.17) is 0 Å². The molecule has 0 aromatic carbocycles. The van der Waals surface area contributed by atoms with Crippen LogP contribution in [0.4, 0.5) is 0 Å². The van der Waals surface area contributed by atoms with Crippen LogP contribution in [-0.2, 0) is 4.18 Å². The summed E-state index contributed by atoms with van der Waals surface area (Å²) < 4.78 is 4.56. The minimum absolute atomic E-state index is 0.737. The lowest BCUT2D eigenvalue weighted by Gasteiger charge is -2.06. The van der Waals surface area contributed by atoms with Gasteiger partial charge in [0.05, 0.1) is 6.61 Å². The summed E-state index contributed by atoms with van der Waals surface area (Å²) in [6.07, 6.45) is 1.05. The van der Waals surface area contributed by atoms with Gasteiger partial charge in [-0.15, -0.1) is 0 Å². The first-order valence-corrected chi connectivity index (χ1v) is 3.05. The SMILES string of the molecule is CN(C)CCCOS. The quantitative estimate of drug-likeness (QED) is 0.348. The normalized spacial score (nSPS) is 10.5. The summed E-state index contributed by atoms with van der Waals surface area (Å²) in [6.45, 7) is 1.81. The van der Waals surface area contributed by atoms with E-state index in [1.807, 2.05) is 14.1 Å². The van der Waals surface area contributed by atoms with Crippen LogP contribution in [0.15, 0.2) is 0 Å². The summed E-state index contributed by atoms with van der Waals surface area (Å²) in [4.78, 5) is 2.12. The molecule has 0 bridgehead atoms. The van der Waals surface area contributed by atoms with Crippen molar-refractivity contribution >= 4 is 12.9 Å². The largest absolute Gasteiger partial charge is 0.318 e. The highest BCUT2D eigenvalue weighted by Gasteiger charge is 1.87. The van der Waals surface area contributed by atoms with Gasteiger partial charge >= 0.3 is 0 Å². The second kappa shape index (κ2) is 5.41. The molecule has 0 fully saturated rings. The van der Waals surface area contributed by atoms with Crippen molar-refractivity contribution in [3.8, 4) is 0 Å². The maximum atomic E-state index is 4.56. The summed E-state index contributed by atoms with van der Waals surface area (Å²) in [5.41, 5.74) is 0. The zero-order chi connectivity index (χ0) is 6.41. The predicted octanol–water partition coefficient (Wildman–Crippen LogP) is 0.800. The Morgan fingerprint density at radius 2 is 2.12 bits per heavy atom. The van der Waals surface area contributed by atoms with Gasteiger partial charge in [-0.2, -0.15) is 0 Å². The molecule has 50 valence electrons. The lowest BCUT2D eigenvalue weighted by atomic mass is 10.4. The van der Waals surface area contributed by atoms with Gasteiger partial charge in [0.25, 0.3) is 0 Å². The monoisotopic (exact) mass is 135 g/mol. The Hall–Kier alpha value is 0.270. The molecule has 0 aliphatic carbocycles. The second-order valence-corrected chi connectivity index (χ2v) is 2.25. The average Bonchev–Trinajstić information content (AvgIpc) is 1.66. The van der Waals surface area contributed by atoms with Gasteiger partial charge in [0.15, 0.2) is 0 Å². The summed E-state index contributed by atoms with van der Waals surface area (Å²) in [7, 11) is 4.08. The van der Waals surface area contributed by atoms with E-state index < -0.39 is 0 Å². The van der Waals surface area contributed by atoms with E-state index in [1.54, 1.807) is 0 Å². The summed E-state index contributed by atoms with van der Waals surface area (Å²) in [5.74, 6) is 0. The Labute approximate surface area is 56.4 Å². The molecule has 0 atom stereocenters. The van der Waals surface area contributed by atoms with E-state index in [0.29, 0.717) is 0 Å². The van der Waals surface area contributed by atoms with Crippen LogP contribution in [0.3, 0.4) is 0 Å². The molecule has 8 heavy (non-hydrogen) atoms. The number of nitrogens with zero attached hydrogens (tertiary/aromatic N) is 1. The van der Waals surface area contributed by atoms with Crippen LogP contribution in [-0.4, -0.2) is 32.1 Å². The molecule has 0 aliphatic rings. The maximum absolute atomic E-state index is 4.56. The fourth-order valence-corrected chi connectivity index (χ4v) is 0.574. The molecule has 0 heterocycles. The molecule has 0 spiro atoms. The van der Waals surface area contributed by atoms with Gasteiger partial charge in [-0.25, -0.2) is 0 Å². The highest BCUT2D eigenvalue weighted by atomic mass is 32.1. The predicted molar refractivity (Wildman–Crippen MR) is 38.1 cm³/mol. The van der Waals surface area contributed by atoms with Crippen LogP contribution in [0.5, 0.6) is 0 Å². The summed E-state index contributed by atoms with van der Waals surface area (Å²) >= 11 is 3.60. The molecular weight excluding hydrogens is 122 g/mol. The molecule has 0 saturated carbocycles. The van der Waals surface area contributed by atoms with Gasteiger partial charge in [-0.1, -0.05) is 0 Å². The van der Waals surface area contributed by atoms with Crippen LogP contribution in [0, 0.1) is 0 Å². The molecule has 0 N–H and O–H groups in total. The average molecular weight is 135 g/mol. The molecular formula is C5H13NOS. The minimum Gasteiger partial charge on any atom is -0.318 e. The van der Waals surface area contributed by atoms with Gasteiger partial charge in [0, 0.05) is 0 Å². The van der Waals surface area contributed by atoms with Crippen molar-refractivity contribution in [1.82, 2.24) is 4.90 Å². The second-order valence-electron chi connectivity index (χ2n) is 1.99. The lowest BCUT2D eigenvalue weighted by Crippen LogP contribution is -2.13. The smallest absolute Gasteiger partial charge is 0.0622 e. The van der Waals surface area contributed by atoms with Crippen molar-refractivity contribution in [3.05, 3.63) is 0 Å². The van der Waals surface area contributed by atoms with Gasteiger partial charge < -0.3 is 9.08 Å². The number of rotatable bonds is 4. The van der Waals surface area contributed by atoms with E-state index in [2.05, 4.69) is 22.0 Å². The van der Waals surface area contributed by atoms with Crippen LogP contribution in [0.1, 0.15) is 6.42 Å². The van der Waals surface area contributed by atoms with Crippen molar-refractivity contribution < 1.29 is 4.18 Å². The fraction of sp³-hybridized carbons (Fsp3) is 1.00. The molecule has 0 rings (SSSR count). The van der Waals surface area contributed by atoms with Crippen molar-refractivity contribution in [2.45, 2.75) is 6.42 Å². The minimum atomic E-state index is 0.737. The topological polar surface area (TPSA) is 12.5 Å². The third-order valence-corrected chi connectivity index (χ3v) is 1.02. The molecule has 0 aromatic rings. The molecule has 0 amide bonds. The van der Waals surface area contributed by atoms with Crippen molar-refractivity contribution in [2.24, 2.45) is 0 Å². The Kier molecular flexibility index (Phi) is 5.59. The van der Waals surface area contributed by atoms with Gasteiger partial charge in [-0.3, -0.25) is 0 Å². The van der Waals surface area contributed by atoms with Crippen LogP contribution in [0.2, 0.25) is 0 Å². The zero-order valence-corrected chi connectivity index (χ0v) is 6.32. The molecule has 0 aromatic heterocycles. The molecule has 3 heteroatoms. The first kappa shape index (κ1) is 8.27. The van der Waals surface area contributed by atoms with E-state index in [0.717, 1.165) is 19.6 Å². The van der Waals surface area contributed by atoms with Crippen molar-refractivity contribution in [3.63, 3.8) is 0 Å². The van der Waals surface area contributed by atoms with E-state index in [1.165, 1.54) is 0 Å². The van der Waals surface area contributed by atoms with Crippen LogP contribution in [0.25, 0.3) is 0 Å². The van der Waals surface area contributed by atoms with E-state index in [9.17, 15) is 0 Å². The highest BCUT2D eigenvalue weighted by molar-refractivity contribution is 7.75. The lowest BCUT2D eigenvalue weighted by molar-refractivity contribution is 0.320. The summed E-state index contributed by atoms with van der Waals surface area (Å²) in [5, 5.41) is 0. The third kappa shape index (κ3) is 6.27. The Bertz CT molecular complexity index is 49.7. The van der Waals surface area contributed by atoms with Crippen molar-refractivity contribution in [2.75, 3.05) is 27.2 Å². The van der Waals surface area contributed by atoms with E-state index >= 15 is 0 Å². The molecule has 0 saturated heterocycles. The van der Waals surface area contributed by atoms with E-state index in [-0.39, 0.29) is 0 Å². The van der Waals surface area contributed by atoms with Gasteiger partial charge in [-0.05, 0) is 40.0 Å². The Morgan fingerprint density at radius 1 is 1.50 bits per heavy atom. The van der Waals surface area contributed by atoms with Crippen molar-refractivity contribution in [1.29, 1.82) is 0 Å². The third-order valence-electron chi connectivity index (χ3n) is 0.841. The summed E-state index contributed by atoms with van der Waals surface area (Å²) in [6, 6.07) is 0. The fourth-order valence-electron chi connectivity index (χ4n) is 0.445. The molecule has 0 radical (unpaired) electrons. The first-order valence-electron chi connectivity index (χ1n) is 2.68. The van der Waals surface area contributed by atoms with Crippen LogP contribution >= 0.6 is 12.9 Å². The zero-order valence-electron chi connectivity index (χ0n) is 5.42. The number of hydrogen-bond donors (Lipinski definition) is 1. The van der Waals surface area contributed by atoms with Gasteiger partial charge in [0.1, 0.15) is 0 Å². The Morgan fingerprint density at radius 3 is 2.50 bits per heavy atom. The molecule has 0 unspecified atom stereocenters. The van der Waals surface area contributed by atoms with Gasteiger partial charge in [0.2, 0.25) is 0 Å². The number of thiol groups is 1. The molecule has 2 nitrogen and oxygen atoms in total. The first-order chi connectivity index (χ1) is 3.77.